The molecular formula is C3H2F7P. The van der Waals surface area contributed by atoms with Crippen LogP contribution in [0.15, 0.2) is 0 Å². The van der Waals surface area contributed by atoms with E-state index in [9.17, 15) is 30.3 Å². The molecule has 0 N–H and O–H groups in total. The Balaban J connectivity index is 4.53. The van der Waals surface area contributed by atoms with E-state index in [-0.39, 0.29) is 0 Å². The van der Waals surface area contributed by atoms with Crippen LogP contribution in [0, 0.1) is 0 Å². The quantitative estimate of drug-likeness (QED) is 0.485. The summed E-state index contributed by atoms with van der Waals surface area (Å²) in [4.78, 5) is 0. The molecule has 0 aliphatic carbocycles. The molecule has 0 aliphatic rings. The number of rotatable bonds is 3. The molecule has 0 bridgehead atoms. The van der Waals surface area contributed by atoms with Crippen LogP contribution in [0.3, 0.4) is 0 Å². The van der Waals surface area contributed by atoms with Gasteiger partial charge in [-0.2, -0.15) is 26.0 Å². The molecule has 0 rings (SSSR count). The van der Waals surface area contributed by atoms with Crippen molar-refractivity contribution in [2.75, 3.05) is 6.67 Å². The highest BCUT2D eigenvalue weighted by atomic mass is 31.2. The molecule has 0 fully saturated rings. The van der Waals surface area contributed by atoms with Crippen LogP contribution < -0.4 is 0 Å². The first-order chi connectivity index (χ1) is 4.75. The maximum Gasteiger partial charge on any atom is 0.388 e. The smallest absolute Gasteiger partial charge is 0.244 e. The first kappa shape index (κ1) is 10.9. The summed E-state index contributed by atoms with van der Waals surface area (Å²) in [6, 6.07) is 0. The Hall–Kier alpha value is -0.0600. The molecule has 0 atom stereocenters. The Bertz CT molecular complexity index is 132. The predicted molar refractivity (Wildman–Crippen MR) is 25.0 cm³/mol. The van der Waals surface area contributed by atoms with Crippen molar-refractivity contribution in [3.8, 4) is 0 Å². The third-order valence-corrected chi connectivity index (χ3v) is 1.57. The molecule has 0 radical (unpaired) electrons. The summed E-state index contributed by atoms with van der Waals surface area (Å²) >= 11 is 0. The topological polar surface area (TPSA) is 0 Å². The van der Waals surface area contributed by atoms with Crippen molar-refractivity contribution in [2.24, 2.45) is 0 Å². The summed E-state index contributed by atoms with van der Waals surface area (Å²) < 4.78 is 79.8. The zero-order valence-electron chi connectivity index (χ0n) is 4.80. The number of hydrogen-bond donors (Lipinski definition) is 0. The first-order valence-corrected chi connectivity index (χ1v) is 3.31. The lowest BCUT2D eigenvalue weighted by Gasteiger charge is -2.21. The van der Waals surface area contributed by atoms with Crippen LogP contribution >= 0.6 is 8.54 Å². The Labute approximate surface area is 58.4 Å². The van der Waals surface area contributed by atoms with Crippen LogP contribution in [-0.4, -0.2) is 18.3 Å². The lowest BCUT2D eigenvalue weighted by molar-refractivity contribution is -0.168. The van der Waals surface area contributed by atoms with E-state index in [1.807, 2.05) is 0 Å². The van der Waals surface area contributed by atoms with Gasteiger partial charge in [0, 0.05) is 0 Å². The van der Waals surface area contributed by atoms with Crippen LogP contribution in [0.4, 0.5) is 30.3 Å². The van der Waals surface area contributed by atoms with Gasteiger partial charge in [0.2, 0.25) is 0 Å². The largest absolute Gasteiger partial charge is 0.388 e. The van der Waals surface area contributed by atoms with E-state index in [0.29, 0.717) is 0 Å². The second kappa shape index (κ2) is 3.13. The Morgan fingerprint density at radius 2 is 1.36 bits per heavy atom. The highest BCUT2D eigenvalue weighted by Crippen LogP contribution is 2.61. The van der Waals surface area contributed by atoms with Gasteiger partial charge in [0.25, 0.3) is 0 Å². The van der Waals surface area contributed by atoms with E-state index in [0.717, 1.165) is 0 Å². The first-order valence-electron chi connectivity index (χ1n) is 2.19. The molecule has 0 saturated carbocycles. The molecule has 0 unspecified atom stereocenters. The van der Waals surface area contributed by atoms with Gasteiger partial charge in [0.15, 0.2) is 6.67 Å². The van der Waals surface area contributed by atoms with Crippen molar-refractivity contribution in [1.82, 2.24) is 0 Å². The summed E-state index contributed by atoms with van der Waals surface area (Å²) in [7, 11) is -5.16. The molecule has 0 spiro atoms. The normalized spacial score (nSPS) is 14.2. The zero-order valence-corrected chi connectivity index (χ0v) is 5.69. The maximum atomic E-state index is 11.6. The van der Waals surface area contributed by atoms with Gasteiger partial charge in [-0.1, -0.05) is 0 Å². The van der Waals surface area contributed by atoms with Gasteiger partial charge in [-0.05, 0) is 0 Å². The molecule has 0 heterocycles. The molecule has 0 aromatic rings. The molecule has 0 aromatic heterocycles. The minimum atomic E-state index is -5.53. The molecule has 8 heteroatoms. The average Bonchev–Trinajstić information content (AvgIpc) is 1.87. The van der Waals surface area contributed by atoms with Crippen molar-refractivity contribution >= 4 is 8.54 Å². The maximum absolute atomic E-state index is 11.6. The van der Waals surface area contributed by atoms with Gasteiger partial charge in [-0.25, -0.2) is 4.39 Å². The summed E-state index contributed by atoms with van der Waals surface area (Å²) in [6.45, 7) is -2.79. The third kappa shape index (κ3) is 1.95. The fourth-order valence-electron chi connectivity index (χ4n) is 0.204. The monoisotopic (exact) mass is 202 g/mol. The summed E-state index contributed by atoms with van der Waals surface area (Å²) in [6.07, 6.45) is 0. The third-order valence-electron chi connectivity index (χ3n) is 0.820. The Morgan fingerprint density at radius 1 is 1.00 bits per heavy atom. The van der Waals surface area contributed by atoms with Crippen LogP contribution in [0.25, 0.3) is 0 Å². The number of hydrogen-bond acceptors (Lipinski definition) is 0. The Kier molecular flexibility index (Phi) is 3.11. The van der Waals surface area contributed by atoms with Gasteiger partial charge in [0.1, 0.15) is 0 Å². The summed E-state index contributed by atoms with van der Waals surface area (Å²) in [5, 5.41) is 0. The molecule has 68 valence electrons. The van der Waals surface area contributed by atoms with E-state index in [1.165, 1.54) is 0 Å². The van der Waals surface area contributed by atoms with E-state index >= 15 is 0 Å². The number of alkyl halides is 5. The van der Waals surface area contributed by atoms with Crippen LogP contribution in [0.2, 0.25) is 0 Å². The molecule has 0 nitrogen and oxygen atoms in total. The van der Waals surface area contributed by atoms with Crippen LogP contribution in [0.5, 0.6) is 0 Å². The van der Waals surface area contributed by atoms with Gasteiger partial charge in [0.05, 0.1) is 0 Å². The van der Waals surface area contributed by atoms with E-state index in [2.05, 4.69) is 0 Å². The molecule has 0 amide bonds. The highest BCUT2D eigenvalue weighted by Gasteiger charge is 2.64. The second-order valence-corrected chi connectivity index (χ2v) is 2.64. The van der Waals surface area contributed by atoms with Crippen molar-refractivity contribution in [3.05, 3.63) is 0 Å². The van der Waals surface area contributed by atoms with Gasteiger partial charge in [-0.15, -0.1) is 0 Å². The SMILES string of the molecule is FCC(F)(F)C(F)(F)P(F)F. The average molecular weight is 202 g/mol. The highest BCUT2D eigenvalue weighted by molar-refractivity contribution is 7.47. The predicted octanol–water partition coefficient (Wildman–Crippen LogP) is 3.43. The van der Waals surface area contributed by atoms with Crippen molar-refractivity contribution < 1.29 is 30.3 Å². The molecule has 11 heavy (non-hydrogen) atoms. The van der Waals surface area contributed by atoms with E-state index < -0.39 is 26.8 Å². The van der Waals surface area contributed by atoms with E-state index in [4.69, 9.17) is 0 Å². The van der Waals surface area contributed by atoms with Crippen molar-refractivity contribution in [3.63, 3.8) is 0 Å². The lowest BCUT2D eigenvalue weighted by Crippen LogP contribution is -2.39. The van der Waals surface area contributed by atoms with Crippen molar-refractivity contribution in [1.29, 1.82) is 0 Å². The second-order valence-electron chi connectivity index (χ2n) is 1.61. The molecular weight excluding hydrogens is 200 g/mol. The molecule has 0 aromatic carbocycles. The molecule has 0 saturated heterocycles. The Morgan fingerprint density at radius 3 is 1.45 bits per heavy atom. The molecule has 0 aliphatic heterocycles. The van der Waals surface area contributed by atoms with Gasteiger partial charge < -0.3 is 0 Å². The van der Waals surface area contributed by atoms with E-state index in [1.54, 1.807) is 0 Å². The fourth-order valence-corrected chi connectivity index (χ4v) is 0.511. The minimum Gasteiger partial charge on any atom is -0.244 e. The van der Waals surface area contributed by atoms with Crippen LogP contribution in [0.1, 0.15) is 0 Å². The van der Waals surface area contributed by atoms with Gasteiger partial charge >= 0.3 is 20.1 Å². The standard InChI is InChI=1S/C3H2F7P/c4-1-2(5,6)3(7,8)11(9)10/h1H2. The number of halogens is 7. The minimum absolute atomic E-state index is 2.79. The summed E-state index contributed by atoms with van der Waals surface area (Å²) in [5.41, 5.74) is -5.53. The van der Waals surface area contributed by atoms with Gasteiger partial charge in [-0.3, -0.25) is 0 Å². The lowest BCUT2D eigenvalue weighted by atomic mass is 10.4. The van der Waals surface area contributed by atoms with Crippen LogP contribution in [-0.2, 0) is 0 Å². The summed E-state index contributed by atoms with van der Waals surface area (Å²) in [5.74, 6) is -5.26. The zero-order chi connectivity index (χ0) is 9.28. The fraction of sp³-hybridized carbons (Fsp3) is 1.00. The van der Waals surface area contributed by atoms with Crippen molar-refractivity contribution in [2.45, 2.75) is 11.6 Å².